The molecule has 0 saturated carbocycles. The van der Waals surface area contributed by atoms with Gasteiger partial charge in [-0.15, -0.1) is 0 Å². The summed E-state index contributed by atoms with van der Waals surface area (Å²) in [5.41, 5.74) is 16.8. The number of rotatable bonds is 6. The summed E-state index contributed by atoms with van der Waals surface area (Å²) < 4.78 is 13.4. The molecule has 2 aliphatic heterocycles. The van der Waals surface area contributed by atoms with Gasteiger partial charge in [0, 0.05) is 0 Å². The van der Waals surface area contributed by atoms with E-state index in [2.05, 4.69) is 199 Å². The zero-order chi connectivity index (χ0) is 37.7. The van der Waals surface area contributed by atoms with Gasteiger partial charge in [-0.1, -0.05) is 176 Å². The first-order valence-electron chi connectivity index (χ1n) is 19.3. The number of hydrogen-bond donors (Lipinski definition) is 0. The molecule has 0 unspecified atom stereocenters. The lowest BCUT2D eigenvalue weighted by Crippen LogP contribution is -2.20. The fourth-order valence-electron chi connectivity index (χ4n) is 8.31. The Bertz CT molecular complexity index is 2740. The van der Waals surface area contributed by atoms with E-state index < -0.39 is 0 Å². The van der Waals surface area contributed by atoms with Crippen LogP contribution < -0.4 is 14.4 Å². The highest BCUT2D eigenvalue weighted by Crippen LogP contribution is 2.60. The van der Waals surface area contributed by atoms with Crippen LogP contribution in [0, 0.1) is 0 Å². The van der Waals surface area contributed by atoms with Crippen LogP contribution in [-0.4, -0.2) is 0 Å². The molecule has 2 aliphatic rings. The summed E-state index contributed by atoms with van der Waals surface area (Å²) in [5, 5.41) is 0. The van der Waals surface area contributed by atoms with Gasteiger partial charge in [0.2, 0.25) is 0 Å². The Morgan fingerprint density at radius 1 is 0.246 bits per heavy atom. The van der Waals surface area contributed by atoms with Crippen LogP contribution in [0.25, 0.3) is 66.8 Å². The number of anilines is 3. The van der Waals surface area contributed by atoms with Gasteiger partial charge in [-0.3, -0.25) is 4.90 Å². The molecule has 0 aliphatic carbocycles. The molecular weight excluding hydrogens is 695 g/mol. The maximum atomic E-state index is 6.68. The van der Waals surface area contributed by atoms with Crippen molar-refractivity contribution in [1.29, 1.82) is 0 Å². The Labute approximate surface area is 332 Å². The molecule has 9 aromatic rings. The van der Waals surface area contributed by atoms with Crippen molar-refractivity contribution in [2.75, 3.05) is 4.90 Å². The first kappa shape index (κ1) is 32.8. The number of fused-ring (bicyclic) bond motifs is 4. The Morgan fingerprint density at radius 2 is 0.579 bits per heavy atom. The minimum absolute atomic E-state index is 0.765. The van der Waals surface area contributed by atoms with Gasteiger partial charge < -0.3 is 9.47 Å². The molecule has 57 heavy (non-hydrogen) atoms. The summed E-state index contributed by atoms with van der Waals surface area (Å²) in [5.74, 6) is 3.13. The third kappa shape index (κ3) is 5.76. The van der Waals surface area contributed by atoms with Crippen LogP contribution in [-0.2, 0) is 0 Å². The standard InChI is InChI=1S/C54H35NO2/c1-3-12-36(13-4-1)38-22-26-40(27-23-38)44-16-7-9-18-46(44)42-30-32-48-52(34-42)56-50-20-11-21-51-54(50)55(48)49-33-31-43(35-53(49)57-51)47-19-10-8-17-45(47)41-28-24-39(25-29-41)37-14-5-2-6-15-37/h1-35H. The van der Waals surface area contributed by atoms with Crippen molar-refractivity contribution < 1.29 is 9.47 Å². The third-order valence-corrected chi connectivity index (χ3v) is 11.1. The predicted molar refractivity (Wildman–Crippen MR) is 234 cm³/mol. The van der Waals surface area contributed by atoms with Crippen molar-refractivity contribution in [2.45, 2.75) is 0 Å². The van der Waals surface area contributed by atoms with Gasteiger partial charge in [0.05, 0.1) is 11.4 Å². The smallest absolute Gasteiger partial charge is 0.155 e. The number of hydrogen-bond acceptors (Lipinski definition) is 3. The highest BCUT2D eigenvalue weighted by atomic mass is 16.5. The van der Waals surface area contributed by atoms with Crippen molar-refractivity contribution in [3.8, 4) is 89.8 Å². The molecule has 2 heterocycles. The van der Waals surface area contributed by atoms with E-state index >= 15 is 0 Å². The van der Waals surface area contributed by atoms with Crippen LogP contribution >= 0.6 is 0 Å². The highest BCUT2D eigenvalue weighted by Gasteiger charge is 2.35. The van der Waals surface area contributed by atoms with Crippen molar-refractivity contribution in [3.63, 3.8) is 0 Å². The molecule has 0 aromatic heterocycles. The van der Waals surface area contributed by atoms with E-state index in [4.69, 9.17) is 9.47 Å². The van der Waals surface area contributed by atoms with Crippen LogP contribution in [0.1, 0.15) is 0 Å². The fraction of sp³-hybridized carbons (Fsp3) is 0. The van der Waals surface area contributed by atoms with E-state index in [1.807, 2.05) is 18.2 Å². The molecule has 268 valence electrons. The van der Waals surface area contributed by atoms with Gasteiger partial charge in [-0.25, -0.2) is 0 Å². The molecular formula is C54H35NO2. The first-order chi connectivity index (χ1) is 28.2. The van der Waals surface area contributed by atoms with Crippen LogP contribution in [0.5, 0.6) is 23.0 Å². The van der Waals surface area contributed by atoms with Crippen molar-refractivity contribution in [1.82, 2.24) is 0 Å². The van der Waals surface area contributed by atoms with Gasteiger partial charge in [0.25, 0.3) is 0 Å². The Kier molecular flexibility index (Phi) is 7.82. The van der Waals surface area contributed by atoms with Crippen LogP contribution in [0.4, 0.5) is 17.1 Å². The molecule has 0 spiro atoms. The van der Waals surface area contributed by atoms with E-state index in [0.717, 1.165) is 62.3 Å². The van der Waals surface area contributed by atoms with E-state index in [9.17, 15) is 0 Å². The maximum Gasteiger partial charge on any atom is 0.155 e. The van der Waals surface area contributed by atoms with Crippen molar-refractivity contribution in [2.24, 2.45) is 0 Å². The summed E-state index contributed by atoms with van der Waals surface area (Å²) >= 11 is 0. The Hall–Kier alpha value is -7.62. The lowest BCUT2D eigenvalue weighted by atomic mass is 9.92. The molecule has 0 radical (unpaired) electrons. The van der Waals surface area contributed by atoms with Gasteiger partial charge in [0.15, 0.2) is 23.0 Å². The van der Waals surface area contributed by atoms with Gasteiger partial charge in [-0.05, 0) is 103 Å². The molecule has 0 N–H and O–H groups in total. The Balaban J connectivity index is 0.951. The van der Waals surface area contributed by atoms with Gasteiger partial charge in [-0.2, -0.15) is 0 Å². The molecule has 3 heteroatoms. The van der Waals surface area contributed by atoms with E-state index in [1.165, 1.54) is 44.5 Å². The fourth-order valence-corrected chi connectivity index (χ4v) is 8.31. The molecule has 0 amide bonds. The second-order valence-electron chi connectivity index (χ2n) is 14.5. The highest BCUT2D eigenvalue weighted by molar-refractivity contribution is 5.96. The summed E-state index contributed by atoms with van der Waals surface area (Å²) in [6.07, 6.45) is 0. The van der Waals surface area contributed by atoms with Crippen molar-refractivity contribution >= 4 is 17.1 Å². The minimum atomic E-state index is 0.765. The predicted octanol–water partition coefficient (Wildman–Crippen LogP) is 15.4. The SMILES string of the molecule is c1ccc(-c2ccc(-c3ccccc3-c3ccc4c(c3)Oc3cccc5c3N4c3ccc(-c4ccccc4-c4ccc(-c6ccccc6)cc4)cc3O5)cc2)cc1. The van der Waals surface area contributed by atoms with E-state index in [-0.39, 0.29) is 0 Å². The van der Waals surface area contributed by atoms with Crippen LogP contribution in [0.2, 0.25) is 0 Å². The van der Waals surface area contributed by atoms with E-state index in [1.54, 1.807) is 0 Å². The summed E-state index contributed by atoms with van der Waals surface area (Å²) in [6.45, 7) is 0. The zero-order valence-electron chi connectivity index (χ0n) is 31.0. The van der Waals surface area contributed by atoms with Gasteiger partial charge >= 0.3 is 0 Å². The Morgan fingerprint density at radius 3 is 1.00 bits per heavy atom. The average Bonchev–Trinajstić information content (AvgIpc) is 3.29. The number of benzene rings is 9. The zero-order valence-corrected chi connectivity index (χ0v) is 31.0. The van der Waals surface area contributed by atoms with Crippen LogP contribution in [0.3, 0.4) is 0 Å². The first-order valence-corrected chi connectivity index (χ1v) is 19.3. The molecule has 9 aromatic carbocycles. The molecule has 0 bridgehead atoms. The van der Waals surface area contributed by atoms with Crippen LogP contribution in [0.15, 0.2) is 212 Å². The monoisotopic (exact) mass is 729 g/mol. The normalized spacial score (nSPS) is 12.1. The van der Waals surface area contributed by atoms with Gasteiger partial charge in [0.1, 0.15) is 5.69 Å². The van der Waals surface area contributed by atoms with Crippen molar-refractivity contribution in [3.05, 3.63) is 212 Å². The molecule has 0 atom stereocenters. The number of para-hydroxylation sites is 1. The average molecular weight is 730 g/mol. The second-order valence-corrected chi connectivity index (χ2v) is 14.5. The minimum Gasteiger partial charge on any atom is -0.453 e. The third-order valence-electron chi connectivity index (χ3n) is 11.1. The second kappa shape index (κ2) is 13.6. The summed E-state index contributed by atoms with van der Waals surface area (Å²) in [6, 6.07) is 75.0. The molecule has 0 saturated heterocycles. The largest absolute Gasteiger partial charge is 0.453 e. The molecule has 0 fully saturated rings. The number of nitrogens with zero attached hydrogens (tertiary/aromatic N) is 1. The number of ether oxygens (including phenoxy) is 2. The lowest BCUT2D eigenvalue weighted by Gasteiger charge is -2.38. The molecule has 3 nitrogen and oxygen atoms in total. The quantitative estimate of drug-likeness (QED) is 0.170. The maximum absolute atomic E-state index is 6.68. The topological polar surface area (TPSA) is 21.7 Å². The summed E-state index contributed by atoms with van der Waals surface area (Å²) in [4.78, 5) is 2.29. The molecule has 11 rings (SSSR count). The summed E-state index contributed by atoms with van der Waals surface area (Å²) in [7, 11) is 0. The van der Waals surface area contributed by atoms with E-state index in [0.29, 0.717) is 0 Å². The lowest BCUT2D eigenvalue weighted by molar-refractivity contribution is 0.446.